The Balaban J connectivity index is 1.74. The molecule has 2 aromatic rings. The highest BCUT2D eigenvalue weighted by Gasteiger charge is 2.31. The van der Waals surface area contributed by atoms with E-state index in [4.69, 9.17) is 23.2 Å². The van der Waals surface area contributed by atoms with E-state index in [1.165, 1.54) is 0 Å². The molecule has 2 atom stereocenters. The van der Waals surface area contributed by atoms with Crippen LogP contribution in [0.1, 0.15) is 41.7 Å². The standard InChI is InChI=1S/C17H16Cl2N2O2/c18-13-5-1-3-10(15(13)19)9-21-17(23)12-6-7-14(22)16-11(12)4-2-8-20-16/h1-5,8,12,14,22H,6-7,9H2,(H,21,23). The Morgan fingerprint density at radius 2 is 2.09 bits per heavy atom. The van der Waals surface area contributed by atoms with Gasteiger partial charge in [-0.2, -0.15) is 0 Å². The van der Waals surface area contributed by atoms with E-state index in [9.17, 15) is 9.90 Å². The molecule has 1 amide bonds. The van der Waals surface area contributed by atoms with E-state index < -0.39 is 6.10 Å². The van der Waals surface area contributed by atoms with Gasteiger partial charge in [0.1, 0.15) is 0 Å². The number of pyridine rings is 1. The van der Waals surface area contributed by atoms with Crippen molar-refractivity contribution in [3.8, 4) is 0 Å². The van der Waals surface area contributed by atoms with E-state index in [1.54, 1.807) is 24.4 Å². The summed E-state index contributed by atoms with van der Waals surface area (Å²) in [5.41, 5.74) is 2.16. The second-order valence-electron chi connectivity index (χ2n) is 5.55. The van der Waals surface area contributed by atoms with Crippen LogP contribution in [0.5, 0.6) is 0 Å². The Bertz CT molecular complexity index is 736. The molecule has 0 saturated carbocycles. The molecule has 23 heavy (non-hydrogen) atoms. The fourth-order valence-corrected chi connectivity index (χ4v) is 3.27. The maximum absolute atomic E-state index is 12.5. The fraction of sp³-hybridized carbons (Fsp3) is 0.294. The molecule has 1 aromatic heterocycles. The van der Waals surface area contributed by atoms with Crippen LogP contribution in [0.4, 0.5) is 0 Å². The minimum atomic E-state index is -0.599. The lowest BCUT2D eigenvalue weighted by Gasteiger charge is -2.27. The van der Waals surface area contributed by atoms with Crippen LogP contribution >= 0.6 is 23.2 Å². The average Bonchev–Trinajstić information content (AvgIpc) is 2.56. The number of carbonyl (C=O) groups excluding carboxylic acids is 1. The smallest absolute Gasteiger partial charge is 0.227 e. The number of fused-ring (bicyclic) bond motifs is 1. The molecular formula is C17H16Cl2N2O2. The summed E-state index contributed by atoms with van der Waals surface area (Å²) in [7, 11) is 0. The Hall–Kier alpha value is -1.62. The zero-order valence-electron chi connectivity index (χ0n) is 12.3. The molecule has 0 bridgehead atoms. The monoisotopic (exact) mass is 350 g/mol. The molecule has 120 valence electrons. The van der Waals surface area contributed by atoms with Crippen molar-refractivity contribution in [2.75, 3.05) is 0 Å². The molecule has 1 aliphatic rings. The normalized spacial score (nSPS) is 20.0. The molecule has 1 aromatic carbocycles. The highest BCUT2D eigenvalue weighted by atomic mass is 35.5. The van der Waals surface area contributed by atoms with E-state index in [0.717, 1.165) is 11.1 Å². The third kappa shape index (κ3) is 3.34. The maximum Gasteiger partial charge on any atom is 0.227 e. The van der Waals surface area contributed by atoms with E-state index >= 15 is 0 Å². The summed E-state index contributed by atoms with van der Waals surface area (Å²) in [5, 5.41) is 13.8. The number of benzene rings is 1. The van der Waals surface area contributed by atoms with Crippen molar-refractivity contribution < 1.29 is 9.90 Å². The molecule has 0 aliphatic heterocycles. The van der Waals surface area contributed by atoms with Crippen molar-refractivity contribution in [2.45, 2.75) is 31.4 Å². The lowest BCUT2D eigenvalue weighted by Crippen LogP contribution is -2.32. The quantitative estimate of drug-likeness (QED) is 0.888. The van der Waals surface area contributed by atoms with Gasteiger partial charge in [-0.3, -0.25) is 9.78 Å². The molecule has 2 unspecified atom stereocenters. The number of halogens is 2. The zero-order chi connectivity index (χ0) is 16.4. The second-order valence-corrected chi connectivity index (χ2v) is 6.34. The van der Waals surface area contributed by atoms with Gasteiger partial charge in [-0.25, -0.2) is 0 Å². The molecule has 1 heterocycles. The van der Waals surface area contributed by atoms with Crippen molar-refractivity contribution in [2.24, 2.45) is 0 Å². The lowest BCUT2D eigenvalue weighted by atomic mass is 9.83. The number of nitrogens with one attached hydrogen (secondary N) is 1. The molecule has 0 radical (unpaired) electrons. The van der Waals surface area contributed by atoms with Crippen LogP contribution in [-0.4, -0.2) is 16.0 Å². The van der Waals surface area contributed by atoms with E-state index in [-0.39, 0.29) is 11.8 Å². The van der Waals surface area contributed by atoms with Crippen molar-refractivity contribution in [3.63, 3.8) is 0 Å². The summed E-state index contributed by atoms with van der Waals surface area (Å²) < 4.78 is 0. The molecule has 0 saturated heterocycles. The Kier molecular flexibility index (Phi) is 4.85. The minimum absolute atomic E-state index is 0.0952. The Labute approximate surface area is 144 Å². The molecule has 6 heteroatoms. The minimum Gasteiger partial charge on any atom is -0.387 e. The number of amides is 1. The van der Waals surface area contributed by atoms with Crippen LogP contribution in [0.3, 0.4) is 0 Å². The third-order valence-corrected chi connectivity index (χ3v) is 4.95. The molecular weight excluding hydrogens is 335 g/mol. The number of aliphatic hydroxyl groups is 1. The van der Waals surface area contributed by atoms with Crippen LogP contribution in [0.2, 0.25) is 10.0 Å². The Morgan fingerprint density at radius 3 is 2.91 bits per heavy atom. The van der Waals surface area contributed by atoms with E-state index in [1.807, 2.05) is 12.1 Å². The Morgan fingerprint density at radius 1 is 1.26 bits per heavy atom. The van der Waals surface area contributed by atoms with E-state index in [0.29, 0.717) is 35.1 Å². The van der Waals surface area contributed by atoms with E-state index in [2.05, 4.69) is 10.3 Å². The average molecular weight is 351 g/mol. The number of hydrogen-bond donors (Lipinski definition) is 2. The van der Waals surface area contributed by atoms with Gasteiger partial charge in [0.25, 0.3) is 0 Å². The molecule has 2 N–H and O–H groups in total. The molecule has 0 spiro atoms. The number of aromatic nitrogens is 1. The first kappa shape index (κ1) is 16.2. The predicted molar refractivity (Wildman–Crippen MR) is 89.5 cm³/mol. The SMILES string of the molecule is O=C(NCc1cccc(Cl)c1Cl)C1CCC(O)c2ncccc21. The summed E-state index contributed by atoms with van der Waals surface area (Å²) in [6, 6.07) is 8.96. The van der Waals surface area contributed by atoms with Gasteiger partial charge in [0, 0.05) is 12.7 Å². The van der Waals surface area contributed by atoms with Crippen molar-refractivity contribution in [1.82, 2.24) is 10.3 Å². The van der Waals surface area contributed by atoms with Crippen molar-refractivity contribution in [3.05, 3.63) is 63.4 Å². The topological polar surface area (TPSA) is 62.2 Å². The molecule has 4 nitrogen and oxygen atoms in total. The van der Waals surface area contributed by atoms with Crippen LogP contribution in [-0.2, 0) is 11.3 Å². The van der Waals surface area contributed by atoms with Crippen LogP contribution < -0.4 is 5.32 Å². The second kappa shape index (κ2) is 6.87. The van der Waals surface area contributed by atoms with Gasteiger partial charge in [0.05, 0.1) is 27.8 Å². The van der Waals surface area contributed by atoms with Gasteiger partial charge in [0.2, 0.25) is 5.91 Å². The number of nitrogens with zero attached hydrogens (tertiary/aromatic N) is 1. The molecule has 3 rings (SSSR count). The largest absolute Gasteiger partial charge is 0.387 e. The third-order valence-electron chi connectivity index (χ3n) is 4.09. The van der Waals surface area contributed by atoms with Gasteiger partial charge in [-0.05, 0) is 36.1 Å². The van der Waals surface area contributed by atoms with Crippen LogP contribution in [0.15, 0.2) is 36.5 Å². The van der Waals surface area contributed by atoms with Gasteiger partial charge in [-0.15, -0.1) is 0 Å². The summed E-state index contributed by atoms with van der Waals surface area (Å²) in [5.74, 6) is -0.401. The molecule has 1 aliphatic carbocycles. The van der Waals surface area contributed by atoms with Gasteiger partial charge in [0.15, 0.2) is 0 Å². The highest BCUT2D eigenvalue weighted by molar-refractivity contribution is 6.42. The van der Waals surface area contributed by atoms with Gasteiger partial charge in [-0.1, -0.05) is 41.4 Å². The first-order valence-electron chi connectivity index (χ1n) is 7.41. The van der Waals surface area contributed by atoms with Gasteiger partial charge < -0.3 is 10.4 Å². The predicted octanol–water partition coefficient (Wildman–Crippen LogP) is 3.62. The summed E-state index contributed by atoms with van der Waals surface area (Å²) in [6.45, 7) is 0.312. The first-order chi connectivity index (χ1) is 11.1. The number of carbonyl (C=O) groups is 1. The highest BCUT2D eigenvalue weighted by Crippen LogP contribution is 2.36. The van der Waals surface area contributed by atoms with Gasteiger partial charge >= 0.3 is 0 Å². The number of hydrogen-bond acceptors (Lipinski definition) is 3. The zero-order valence-corrected chi connectivity index (χ0v) is 13.8. The van der Waals surface area contributed by atoms with Crippen LogP contribution in [0, 0.1) is 0 Å². The van der Waals surface area contributed by atoms with Crippen molar-refractivity contribution >= 4 is 29.1 Å². The maximum atomic E-state index is 12.5. The van der Waals surface area contributed by atoms with Crippen LogP contribution in [0.25, 0.3) is 0 Å². The summed E-state index contributed by atoms with van der Waals surface area (Å²) in [6.07, 6.45) is 2.15. The lowest BCUT2D eigenvalue weighted by molar-refractivity contribution is -0.123. The number of rotatable bonds is 3. The summed E-state index contributed by atoms with van der Waals surface area (Å²) in [4.78, 5) is 16.7. The van der Waals surface area contributed by atoms with Crippen molar-refractivity contribution in [1.29, 1.82) is 0 Å². The summed E-state index contributed by atoms with van der Waals surface area (Å²) >= 11 is 12.1. The molecule has 0 fully saturated rings. The first-order valence-corrected chi connectivity index (χ1v) is 8.17. The fourth-order valence-electron chi connectivity index (χ4n) is 2.88. The number of aliphatic hydroxyl groups excluding tert-OH is 1.